The van der Waals surface area contributed by atoms with Crippen molar-refractivity contribution < 1.29 is 10.2 Å². The minimum atomic E-state index is -0.160. The number of nitrogens with one attached hydrogen (secondary N) is 3. The van der Waals surface area contributed by atoms with Crippen LogP contribution in [-0.4, -0.2) is 110 Å². The summed E-state index contributed by atoms with van der Waals surface area (Å²) in [6, 6.07) is 9.22. The van der Waals surface area contributed by atoms with Gasteiger partial charge >= 0.3 is 0 Å². The van der Waals surface area contributed by atoms with Crippen molar-refractivity contribution in [3.05, 3.63) is 88.2 Å². The highest BCUT2D eigenvalue weighted by molar-refractivity contribution is 6.28. The number of aryl methyl sites for hydroxylation is 2. The normalized spacial score (nSPS) is 22.3. The second kappa shape index (κ2) is 23.7. The summed E-state index contributed by atoms with van der Waals surface area (Å²) in [6.07, 6.45) is 21.4. The Morgan fingerprint density at radius 2 is 1.09 bits per heavy atom. The summed E-state index contributed by atoms with van der Waals surface area (Å²) in [7, 11) is 0. The molecule has 372 valence electrons. The predicted molar refractivity (Wildman–Crippen MR) is 275 cm³/mol. The van der Waals surface area contributed by atoms with E-state index < -0.39 is 0 Å². The molecule has 17 heteroatoms. The molecule has 6 aromatic heterocycles. The van der Waals surface area contributed by atoms with Crippen LogP contribution in [0.25, 0.3) is 11.0 Å². The van der Waals surface area contributed by atoms with Crippen LogP contribution < -0.4 is 20.9 Å². The van der Waals surface area contributed by atoms with E-state index in [0.29, 0.717) is 52.9 Å². The molecule has 2 saturated heterocycles. The third kappa shape index (κ3) is 12.8. The number of aliphatic hydroxyl groups excluding tert-OH is 2. The zero-order valence-corrected chi connectivity index (χ0v) is 42.4. The van der Waals surface area contributed by atoms with E-state index in [0.717, 1.165) is 132 Å². The van der Waals surface area contributed by atoms with Gasteiger partial charge in [0.2, 0.25) is 23.1 Å². The Labute approximate surface area is 413 Å². The minimum Gasteiger partial charge on any atom is -0.393 e. The summed E-state index contributed by atoms with van der Waals surface area (Å²) >= 11 is 5.42. The highest BCUT2D eigenvalue weighted by Gasteiger charge is 2.31. The second-order valence-electron chi connectivity index (χ2n) is 20.0. The van der Waals surface area contributed by atoms with Gasteiger partial charge in [0, 0.05) is 72.2 Å². The molecule has 2 aliphatic carbocycles. The van der Waals surface area contributed by atoms with Crippen LogP contribution in [0, 0.1) is 13.8 Å². The lowest BCUT2D eigenvalue weighted by molar-refractivity contribution is 0.121. The molecule has 16 nitrogen and oxygen atoms in total. The minimum absolute atomic E-state index is 0.131. The van der Waals surface area contributed by atoms with Crippen molar-refractivity contribution in [2.75, 3.05) is 41.7 Å². The van der Waals surface area contributed by atoms with Gasteiger partial charge in [0.25, 0.3) is 0 Å². The fourth-order valence-electron chi connectivity index (χ4n) is 10.4. The van der Waals surface area contributed by atoms with Gasteiger partial charge in [0.05, 0.1) is 35.6 Å². The number of fused-ring (bicyclic) bond motifs is 2. The molecule has 69 heavy (non-hydrogen) atoms. The number of halogens is 1. The third-order valence-electron chi connectivity index (χ3n) is 14.9. The zero-order chi connectivity index (χ0) is 48.4. The molecular weight excluding hydrogens is 888 g/mol. The Morgan fingerprint density at radius 1 is 0.623 bits per heavy atom. The third-order valence-corrected chi connectivity index (χ3v) is 15.1. The molecule has 6 aromatic rings. The highest BCUT2D eigenvalue weighted by Crippen LogP contribution is 2.41. The lowest BCUT2D eigenvalue weighted by Gasteiger charge is -2.32. The van der Waals surface area contributed by atoms with Crippen LogP contribution in [0.1, 0.15) is 175 Å². The molecule has 0 unspecified atom stereocenters. The number of anilines is 3. The maximum absolute atomic E-state index is 10.0. The molecule has 2 saturated carbocycles. The van der Waals surface area contributed by atoms with Gasteiger partial charge in [-0.2, -0.15) is 0 Å². The van der Waals surface area contributed by atoms with Gasteiger partial charge in [-0.15, -0.1) is 10.2 Å². The second-order valence-corrected chi connectivity index (χ2v) is 20.3. The molecule has 10 rings (SSSR count). The van der Waals surface area contributed by atoms with Crippen molar-refractivity contribution in [1.29, 1.82) is 0 Å². The smallest absolute Gasteiger partial charge is 0.241 e. The molecule has 0 radical (unpaired) electrons. The van der Waals surface area contributed by atoms with Crippen LogP contribution in [0.3, 0.4) is 0 Å². The van der Waals surface area contributed by atoms with Crippen LogP contribution in [-0.2, 0) is 0 Å². The number of aromatic nitrogens is 10. The van der Waals surface area contributed by atoms with Crippen molar-refractivity contribution in [3.63, 3.8) is 0 Å². The molecule has 4 fully saturated rings. The predicted octanol–water partition coefficient (Wildman–Crippen LogP) is 9.30. The molecule has 0 bridgehead atoms. The topological polar surface area (TPSA) is 192 Å². The lowest BCUT2D eigenvalue weighted by atomic mass is 9.84. The van der Waals surface area contributed by atoms with Gasteiger partial charge in [-0.3, -0.25) is 0 Å². The average molecular weight is 964 g/mol. The van der Waals surface area contributed by atoms with Gasteiger partial charge in [0.1, 0.15) is 0 Å². The zero-order valence-electron chi connectivity index (χ0n) is 41.7. The van der Waals surface area contributed by atoms with Crippen molar-refractivity contribution in [2.24, 2.45) is 0 Å². The fourth-order valence-corrected chi connectivity index (χ4v) is 10.6. The van der Waals surface area contributed by atoms with E-state index in [1.165, 1.54) is 35.4 Å². The first kappa shape index (κ1) is 50.4. The monoisotopic (exact) mass is 963 g/mol. The first-order chi connectivity index (χ1) is 33.5. The Bertz CT molecular complexity index is 2540. The lowest BCUT2D eigenvalue weighted by Crippen LogP contribution is -2.34. The van der Waals surface area contributed by atoms with Crippen LogP contribution in [0.4, 0.5) is 17.8 Å². The molecule has 5 N–H and O–H groups in total. The van der Waals surface area contributed by atoms with Crippen LogP contribution in [0.2, 0.25) is 5.28 Å². The number of aliphatic hydroxyl groups is 2. The highest BCUT2D eigenvalue weighted by atomic mass is 35.5. The number of nitrogens with zero attached hydrogens (tertiary/aromatic N) is 11. The maximum Gasteiger partial charge on any atom is 0.241 e. The van der Waals surface area contributed by atoms with Gasteiger partial charge in [-0.05, 0) is 190 Å². The SMILES string of the molecule is CC[C@H](C)Nc1ncc2c(C3CCN(c4nccc(C)n4)CC3)cc(C3CCC(O)CC3)n2n1.CC[C@H](C)Nc1ncc2c(C3CCNCC3)cc(C3CCC(O)CC3)n2n1.Cc1ccnc(Cl)n1. The Balaban J connectivity index is 0.000000163. The molecule has 4 aliphatic rings. The van der Waals surface area contributed by atoms with Gasteiger partial charge < -0.3 is 31.1 Å². The van der Waals surface area contributed by atoms with Gasteiger partial charge in [0.15, 0.2) is 0 Å². The summed E-state index contributed by atoms with van der Waals surface area (Å²) in [5, 5.41) is 40.4. The molecule has 2 atom stereocenters. The number of hydrogen-bond acceptors (Lipinski definition) is 14. The summed E-state index contributed by atoms with van der Waals surface area (Å²) in [6.45, 7) is 16.6. The number of piperidine rings is 2. The van der Waals surface area contributed by atoms with E-state index in [1.54, 1.807) is 12.3 Å². The first-order valence-electron chi connectivity index (χ1n) is 25.8. The largest absolute Gasteiger partial charge is 0.393 e. The number of hydrogen-bond donors (Lipinski definition) is 5. The average Bonchev–Trinajstić information content (AvgIpc) is 3.94. The molecular formula is C52H75ClN14O2. The first-order valence-corrected chi connectivity index (χ1v) is 26.2. The summed E-state index contributed by atoms with van der Waals surface area (Å²) in [4.78, 5) is 28.2. The summed E-state index contributed by atoms with van der Waals surface area (Å²) in [5.74, 6) is 4.19. The molecule has 0 spiro atoms. The Hall–Kier alpha value is -5.03. The van der Waals surface area contributed by atoms with Crippen molar-refractivity contribution in [1.82, 2.24) is 54.4 Å². The Morgan fingerprint density at radius 3 is 1.52 bits per heavy atom. The van der Waals surface area contributed by atoms with Crippen LogP contribution in [0.5, 0.6) is 0 Å². The summed E-state index contributed by atoms with van der Waals surface area (Å²) < 4.78 is 4.29. The van der Waals surface area contributed by atoms with Crippen molar-refractivity contribution in [2.45, 2.75) is 179 Å². The molecule has 0 amide bonds. The van der Waals surface area contributed by atoms with Crippen molar-refractivity contribution in [3.8, 4) is 0 Å². The van der Waals surface area contributed by atoms with E-state index in [4.69, 9.17) is 21.8 Å². The maximum atomic E-state index is 10.0. The van der Waals surface area contributed by atoms with Crippen molar-refractivity contribution >= 4 is 40.5 Å². The molecule has 0 aromatic carbocycles. The molecule has 2 aliphatic heterocycles. The fraction of sp³-hybridized carbons (Fsp3) is 0.615. The van der Waals surface area contributed by atoms with E-state index in [2.05, 4.69) is 99.6 Å². The quantitative estimate of drug-likeness (QED) is 0.0772. The van der Waals surface area contributed by atoms with Crippen LogP contribution >= 0.6 is 11.6 Å². The standard InChI is InChI=1S/C26H37N7O.C21H33N5O.C5H5ClN2/c1-4-17(2)29-25-28-16-24-22(15-23(33(24)31-25)20-5-7-21(34)8-6-20)19-10-13-32(14-11-19)26-27-12-9-18(3)30-26;1-3-14(2)24-21-23-13-20-18(15-8-10-22-11-9-15)12-19(26(20)25-21)16-4-6-17(27)7-5-16;1-4-2-3-7-5(6)8-4/h9,12,15-17,19-21,34H,4-8,10-11,13-14H2,1-3H3,(H,29,31);12-17,22,27H,3-11H2,1-2H3,(H,24,25);2-3H,1H3/t17-,20?,21?;14-,16?,17?;/m00./s1. The molecule has 8 heterocycles. The van der Waals surface area contributed by atoms with E-state index in [-0.39, 0.29) is 12.2 Å². The van der Waals surface area contributed by atoms with Gasteiger partial charge in [-0.1, -0.05) is 13.8 Å². The van der Waals surface area contributed by atoms with E-state index >= 15 is 0 Å². The van der Waals surface area contributed by atoms with E-state index in [9.17, 15) is 10.2 Å². The Kier molecular flexibility index (Phi) is 17.3. The number of rotatable bonds is 11. The van der Waals surface area contributed by atoms with Crippen LogP contribution in [0.15, 0.2) is 49.1 Å². The summed E-state index contributed by atoms with van der Waals surface area (Å²) in [5.41, 5.74) is 9.54. The van der Waals surface area contributed by atoms with Gasteiger partial charge in [-0.25, -0.2) is 38.9 Å². The van der Waals surface area contributed by atoms with E-state index in [1.807, 2.05) is 38.5 Å².